The second-order valence-electron chi connectivity index (χ2n) is 10.1. The van der Waals surface area contributed by atoms with Crippen molar-refractivity contribution in [2.75, 3.05) is 5.32 Å². The fourth-order valence-electron chi connectivity index (χ4n) is 5.62. The van der Waals surface area contributed by atoms with E-state index in [0.717, 1.165) is 57.9 Å². The number of carbonyl (C=O) groups excluding carboxylic acids is 3. The smallest absolute Gasteiger partial charge is 0.221 e. The van der Waals surface area contributed by atoms with Gasteiger partial charge in [-0.25, -0.2) is 4.98 Å². The number of para-hydroxylation sites is 1. The summed E-state index contributed by atoms with van der Waals surface area (Å²) < 4.78 is 2.26. The van der Waals surface area contributed by atoms with Crippen molar-refractivity contribution in [2.24, 2.45) is 5.92 Å². The van der Waals surface area contributed by atoms with Gasteiger partial charge < -0.3 is 9.88 Å². The Morgan fingerprint density at radius 3 is 2.67 bits per heavy atom. The Morgan fingerprint density at radius 2 is 1.92 bits per heavy atom. The zero-order chi connectivity index (χ0) is 27.5. The molecular formula is C32H31N3O3S. The number of anilines is 1. The number of benzene rings is 2. The van der Waals surface area contributed by atoms with Gasteiger partial charge >= 0.3 is 0 Å². The number of rotatable bonds is 8. The molecule has 0 aliphatic heterocycles. The van der Waals surface area contributed by atoms with Gasteiger partial charge in [-0.15, -0.1) is 17.8 Å². The van der Waals surface area contributed by atoms with E-state index in [2.05, 4.69) is 15.8 Å². The standard InChI is InChI=1S/C32H31N3O3S/c1-4-24-14-16-31(39-24)30(38)18-21-9-8-10-23(17-21)35-28-15-13-22(29(37)5-2)19-27(28)34-32(35)25-11-6-7-12-26(25)33-20(3)36/h1,6-7,11-16,19,21,23H,5,8-10,17-18H2,2-3H3,(H,33,36)/t21-,23+/m1/s1. The van der Waals surface area contributed by atoms with Crippen molar-refractivity contribution in [1.82, 2.24) is 9.55 Å². The Balaban J connectivity index is 1.54. The fourth-order valence-corrected chi connectivity index (χ4v) is 6.39. The molecule has 1 fully saturated rings. The van der Waals surface area contributed by atoms with E-state index in [1.807, 2.05) is 61.5 Å². The molecule has 7 heteroatoms. The van der Waals surface area contributed by atoms with Gasteiger partial charge in [-0.1, -0.05) is 31.4 Å². The molecule has 4 aromatic rings. The third-order valence-electron chi connectivity index (χ3n) is 7.43. The summed E-state index contributed by atoms with van der Waals surface area (Å²) >= 11 is 1.38. The maximum Gasteiger partial charge on any atom is 0.221 e. The molecule has 2 heterocycles. The first kappa shape index (κ1) is 26.6. The molecule has 1 saturated carbocycles. The number of Topliss-reactive ketones (excluding diaryl/α,β-unsaturated/α-hetero) is 2. The summed E-state index contributed by atoms with van der Waals surface area (Å²) in [7, 11) is 0. The highest BCUT2D eigenvalue weighted by Crippen LogP contribution is 2.41. The Hall–Kier alpha value is -4.02. The second kappa shape index (κ2) is 11.4. The molecule has 2 aromatic heterocycles. The number of amides is 1. The van der Waals surface area contributed by atoms with Crippen molar-refractivity contribution in [3.63, 3.8) is 0 Å². The summed E-state index contributed by atoms with van der Waals surface area (Å²) in [5, 5.41) is 2.94. The van der Waals surface area contributed by atoms with Gasteiger partial charge in [0.1, 0.15) is 5.82 Å². The molecule has 6 nitrogen and oxygen atoms in total. The van der Waals surface area contributed by atoms with Gasteiger partial charge in [0.15, 0.2) is 11.6 Å². The third kappa shape index (κ3) is 5.57. The van der Waals surface area contributed by atoms with E-state index in [1.165, 1.54) is 18.3 Å². The Labute approximate surface area is 232 Å². The molecule has 2 aromatic carbocycles. The lowest BCUT2D eigenvalue weighted by atomic mass is 9.82. The first-order valence-corrected chi connectivity index (χ1v) is 14.2. The number of aromatic nitrogens is 2. The topological polar surface area (TPSA) is 81.1 Å². The van der Waals surface area contributed by atoms with E-state index in [-0.39, 0.29) is 29.4 Å². The van der Waals surface area contributed by atoms with Crippen molar-refractivity contribution in [3.8, 4) is 23.7 Å². The number of hydrogen-bond donors (Lipinski definition) is 1. The van der Waals surface area contributed by atoms with E-state index in [9.17, 15) is 14.4 Å². The number of terminal acetylenes is 1. The Morgan fingerprint density at radius 1 is 1.10 bits per heavy atom. The predicted molar refractivity (Wildman–Crippen MR) is 156 cm³/mol. The summed E-state index contributed by atoms with van der Waals surface area (Å²) in [4.78, 5) is 44.0. The molecule has 5 rings (SSSR count). The van der Waals surface area contributed by atoms with Crippen LogP contribution < -0.4 is 5.32 Å². The number of imidazole rings is 1. The molecular weight excluding hydrogens is 506 g/mol. The molecule has 0 bridgehead atoms. The number of carbonyl (C=O) groups is 3. The normalized spacial score (nSPS) is 17.1. The highest BCUT2D eigenvalue weighted by Gasteiger charge is 2.29. The molecule has 39 heavy (non-hydrogen) atoms. The number of hydrogen-bond acceptors (Lipinski definition) is 5. The Bertz CT molecular complexity index is 1610. The molecule has 0 radical (unpaired) electrons. The number of thiophene rings is 1. The van der Waals surface area contributed by atoms with E-state index in [0.29, 0.717) is 24.1 Å². The zero-order valence-corrected chi connectivity index (χ0v) is 23.0. The number of nitrogens with zero attached hydrogens (tertiary/aromatic N) is 2. The lowest BCUT2D eigenvalue weighted by molar-refractivity contribution is -0.114. The minimum absolute atomic E-state index is 0.0736. The van der Waals surface area contributed by atoms with Gasteiger partial charge in [-0.05, 0) is 67.6 Å². The highest BCUT2D eigenvalue weighted by atomic mass is 32.1. The first-order valence-electron chi connectivity index (χ1n) is 13.4. The lowest BCUT2D eigenvalue weighted by Gasteiger charge is -2.31. The predicted octanol–water partition coefficient (Wildman–Crippen LogP) is 7.30. The van der Waals surface area contributed by atoms with E-state index >= 15 is 0 Å². The van der Waals surface area contributed by atoms with Crippen molar-refractivity contribution < 1.29 is 14.4 Å². The maximum atomic E-state index is 13.1. The quantitative estimate of drug-likeness (QED) is 0.189. The molecule has 0 spiro atoms. The van der Waals surface area contributed by atoms with Crippen LogP contribution in [0.5, 0.6) is 0 Å². The SMILES string of the molecule is C#Cc1ccc(C(=O)C[C@@H]2CCC[C@H](n3c(-c4ccccc4NC(C)=O)nc4cc(C(=O)CC)ccc43)C2)s1. The minimum atomic E-state index is -0.154. The van der Waals surface area contributed by atoms with Crippen LogP contribution in [0.15, 0.2) is 54.6 Å². The van der Waals surface area contributed by atoms with Crippen molar-refractivity contribution in [3.05, 3.63) is 69.9 Å². The lowest BCUT2D eigenvalue weighted by Crippen LogP contribution is -2.22. The van der Waals surface area contributed by atoms with Gasteiger partial charge in [0.05, 0.1) is 26.5 Å². The molecule has 1 aliphatic rings. The van der Waals surface area contributed by atoms with Crippen LogP contribution in [-0.4, -0.2) is 27.0 Å². The average Bonchev–Trinajstić information content (AvgIpc) is 3.57. The van der Waals surface area contributed by atoms with Crippen LogP contribution in [0.25, 0.3) is 22.4 Å². The van der Waals surface area contributed by atoms with Crippen LogP contribution in [0, 0.1) is 18.3 Å². The minimum Gasteiger partial charge on any atom is -0.326 e. The van der Waals surface area contributed by atoms with Crippen LogP contribution in [-0.2, 0) is 4.79 Å². The maximum absolute atomic E-state index is 13.1. The van der Waals surface area contributed by atoms with E-state index < -0.39 is 0 Å². The van der Waals surface area contributed by atoms with Crippen molar-refractivity contribution in [2.45, 2.75) is 58.4 Å². The van der Waals surface area contributed by atoms with E-state index in [4.69, 9.17) is 11.4 Å². The third-order valence-corrected chi connectivity index (χ3v) is 8.49. The fraction of sp³-hybridized carbons (Fsp3) is 0.312. The first-order chi connectivity index (χ1) is 18.9. The number of ketones is 2. The van der Waals surface area contributed by atoms with Gasteiger partial charge in [0.2, 0.25) is 5.91 Å². The van der Waals surface area contributed by atoms with Gasteiger partial charge in [-0.3, -0.25) is 14.4 Å². The van der Waals surface area contributed by atoms with Crippen molar-refractivity contribution >= 4 is 45.5 Å². The van der Waals surface area contributed by atoms with Crippen LogP contribution in [0.2, 0.25) is 0 Å². The van der Waals surface area contributed by atoms with E-state index in [1.54, 1.807) is 0 Å². The monoisotopic (exact) mass is 537 g/mol. The largest absolute Gasteiger partial charge is 0.326 e. The molecule has 2 atom stereocenters. The molecule has 0 saturated heterocycles. The molecule has 198 valence electrons. The summed E-state index contributed by atoms with van der Waals surface area (Å²) in [6.45, 7) is 3.35. The van der Waals surface area contributed by atoms with Gasteiger partial charge in [0.25, 0.3) is 0 Å². The zero-order valence-electron chi connectivity index (χ0n) is 22.2. The molecule has 1 N–H and O–H groups in total. The van der Waals surface area contributed by atoms with Crippen LogP contribution in [0.1, 0.15) is 83.3 Å². The number of nitrogens with one attached hydrogen (secondary N) is 1. The van der Waals surface area contributed by atoms with Crippen molar-refractivity contribution in [1.29, 1.82) is 0 Å². The summed E-state index contributed by atoms with van der Waals surface area (Å²) in [5.41, 5.74) is 3.86. The van der Waals surface area contributed by atoms with Crippen LogP contribution in [0.4, 0.5) is 5.69 Å². The van der Waals surface area contributed by atoms with Crippen LogP contribution in [0.3, 0.4) is 0 Å². The summed E-state index contributed by atoms with van der Waals surface area (Å²) in [6.07, 6.45) is 10.2. The van der Waals surface area contributed by atoms with Gasteiger partial charge in [-0.2, -0.15) is 0 Å². The van der Waals surface area contributed by atoms with Crippen LogP contribution >= 0.6 is 11.3 Å². The molecule has 1 aliphatic carbocycles. The highest BCUT2D eigenvalue weighted by molar-refractivity contribution is 7.14. The summed E-state index contributed by atoms with van der Waals surface area (Å²) in [5.74, 6) is 3.66. The number of fused-ring (bicyclic) bond motifs is 1. The Kier molecular flexibility index (Phi) is 7.76. The average molecular weight is 538 g/mol. The summed E-state index contributed by atoms with van der Waals surface area (Å²) in [6, 6.07) is 17.2. The van der Waals surface area contributed by atoms with Gasteiger partial charge in [0, 0.05) is 36.9 Å². The molecule has 1 amide bonds. The second-order valence-corrected chi connectivity index (χ2v) is 11.2. The molecule has 0 unspecified atom stereocenters.